The first-order valence-corrected chi connectivity index (χ1v) is 6.77. The summed E-state index contributed by atoms with van der Waals surface area (Å²) >= 11 is 3.48. The van der Waals surface area contributed by atoms with Gasteiger partial charge in [-0.3, -0.25) is 4.90 Å². The van der Waals surface area contributed by atoms with Crippen molar-refractivity contribution in [2.75, 3.05) is 26.2 Å². The molecule has 1 saturated heterocycles. The summed E-state index contributed by atoms with van der Waals surface area (Å²) in [7, 11) is 0. The fourth-order valence-corrected chi connectivity index (χ4v) is 2.47. The van der Waals surface area contributed by atoms with Gasteiger partial charge in [0.1, 0.15) is 0 Å². The molecule has 0 radical (unpaired) electrons. The summed E-state index contributed by atoms with van der Waals surface area (Å²) < 4.78 is 1.15. The third kappa shape index (κ3) is 3.06. The molecule has 0 amide bonds. The molecule has 88 valence electrons. The number of hydrogen-bond acceptors (Lipinski definition) is 2. The quantitative estimate of drug-likeness (QED) is 0.898. The molecule has 1 aliphatic rings. The van der Waals surface area contributed by atoms with E-state index in [0.29, 0.717) is 6.04 Å². The molecule has 16 heavy (non-hydrogen) atoms. The van der Waals surface area contributed by atoms with Gasteiger partial charge in [0, 0.05) is 23.6 Å². The molecule has 1 atom stereocenters. The predicted octanol–water partition coefficient (Wildman–Crippen LogP) is 2.81. The molecule has 1 aromatic rings. The minimum atomic E-state index is 0.521. The molecule has 0 aliphatic carbocycles. The van der Waals surface area contributed by atoms with E-state index in [0.717, 1.165) is 24.1 Å². The summed E-state index contributed by atoms with van der Waals surface area (Å²) in [6.07, 6.45) is 1.25. The zero-order valence-electron chi connectivity index (χ0n) is 9.75. The third-order valence-corrected chi connectivity index (χ3v) is 3.80. The summed E-state index contributed by atoms with van der Waals surface area (Å²) in [5.41, 5.74) is 1.41. The van der Waals surface area contributed by atoms with Crippen molar-refractivity contribution in [3.05, 3.63) is 34.3 Å². The van der Waals surface area contributed by atoms with Crippen LogP contribution in [0.15, 0.2) is 28.7 Å². The molecule has 3 heteroatoms. The van der Waals surface area contributed by atoms with Crippen molar-refractivity contribution >= 4 is 15.9 Å². The Kier molecular flexibility index (Phi) is 4.38. The highest BCUT2D eigenvalue weighted by molar-refractivity contribution is 9.10. The number of benzene rings is 1. The molecule has 1 aromatic carbocycles. The lowest BCUT2D eigenvalue weighted by molar-refractivity contribution is 0.225. The van der Waals surface area contributed by atoms with E-state index in [-0.39, 0.29) is 0 Å². The second-order valence-corrected chi connectivity index (χ2v) is 5.28. The molecule has 0 bridgehead atoms. The van der Waals surface area contributed by atoms with Crippen molar-refractivity contribution in [3.8, 4) is 0 Å². The van der Waals surface area contributed by atoms with Crippen LogP contribution >= 0.6 is 15.9 Å². The van der Waals surface area contributed by atoms with Crippen LogP contribution in [0.4, 0.5) is 0 Å². The summed E-state index contributed by atoms with van der Waals surface area (Å²) in [4.78, 5) is 2.56. The fourth-order valence-electron chi connectivity index (χ4n) is 2.21. The summed E-state index contributed by atoms with van der Waals surface area (Å²) in [5, 5.41) is 3.44. The van der Waals surface area contributed by atoms with Crippen LogP contribution < -0.4 is 5.32 Å². The summed E-state index contributed by atoms with van der Waals surface area (Å²) in [5.74, 6) is 0. The maximum Gasteiger partial charge on any atom is 0.0320 e. The van der Waals surface area contributed by atoms with Gasteiger partial charge in [-0.05, 0) is 44.1 Å². The molecule has 0 spiro atoms. The van der Waals surface area contributed by atoms with Gasteiger partial charge in [-0.25, -0.2) is 0 Å². The highest BCUT2D eigenvalue weighted by Gasteiger charge is 2.16. The SMILES string of the molecule is CC(c1ccc(Br)cc1)N1CCCNCC1. The van der Waals surface area contributed by atoms with Crippen LogP contribution in [0.25, 0.3) is 0 Å². The van der Waals surface area contributed by atoms with Crippen LogP contribution in [0, 0.1) is 0 Å². The molecule has 1 fully saturated rings. The van der Waals surface area contributed by atoms with Crippen LogP contribution in [0.2, 0.25) is 0 Å². The molecule has 1 N–H and O–H groups in total. The Bertz CT molecular complexity index is 315. The van der Waals surface area contributed by atoms with Crippen LogP contribution in [-0.4, -0.2) is 31.1 Å². The first-order valence-electron chi connectivity index (χ1n) is 5.97. The average molecular weight is 283 g/mol. The Labute approximate surface area is 106 Å². The number of hydrogen-bond donors (Lipinski definition) is 1. The van der Waals surface area contributed by atoms with Crippen molar-refractivity contribution in [3.63, 3.8) is 0 Å². The average Bonchev–Trinajstić information content (AvgIpc) is 2.57. The standard InChI is InChI=1S/C13H19BrN2/c1-11(12-3-5-13(14)6-4-12)16-9-2-7-15-8-10-16/h3-6,11,15H,2,7-10H2,1H3. The van der Waals surface area contributed by atoms with Crippen LogP contribution in [-0.2, 0) is 0 Å². The Morgan fingerprint density at radius 2 is 1.94 bits per heavy atom. The van der Waals surface area contributed by atoms with E-state index < -0.39 is 0 Å². The zero-order valence-corrected chi connectivity index (χ0v) is 11.3. The van der Waals surface area contributed by atoms with Gasteiger partial charge in [-0.1, -0.05) is 28.1 Å². The molecule has 1 heterocycles. The number of halogens is 1. The lowest BCUT2D eigenvalue weighted by Crippen LogP contribution is -2.30. The topological polar surface area (TPSA) is 15.3 Å². The normalized spacial score (nSPS) is 20.4. The van der Waals surface area contributed by atoms with Crippen molar-refractivity contribution in [2.24, 2.45) is 0 Å². The van der Waals surface area contributed by atoms with Gasteiger partial charge in [0.05, 0.1) is 0 Å². The molecule has 0 saturated carbocycles. The van der Waals surface area contributed by atoms with Gasteiger partial charge in [-0.2, -0.15) is 0 Å². The van der Waals surface area contributed by atoms with Crippen molar-refractivity contribution in [1.82, 2.24) is 10.2 Å². The summed E-state index contributed by atoms with van der Waals surface area (Å²) in [6, 6.07) is 9.21. The molecular formula is C13H19BrN2. The lowest BCUT2D eigenvalue weighted by atomic mass is 10.1. The minimum absolute atomic E-state index is 0.521. The Balaban J connectivity index is 2.04. The van der Waals surface area contributed by atoms with Gasteiger partial charge in [0.15, 0.2) is 0 Å². The van der Waals surface area contributed by atoms with Gasteiger partial charge >= 0.3 is 0 Å². The van der Waals surface area contributed by atoms with E-state index in [2.05, 4.69) is 57.3 Å². The van der Waals surface area contributed by atoms with Crippen LogP contribution in [0.3, 0.4) is 0 Å². The van der Waals surface area contributed by atoms with E-state index in [1.165, 1.54) is 18.5 Å². The van der Waals surface area contributed by atoms with E-state index in [4.69, 9.17) is 0 Å². The Morgan fingerprint density at radius 1 is 1.19 bits per heavy atom. The maximum atomic E-state index is 3.48. The van der Waals surface area contributed by atoms with E-state index in [1.54, 1.807) is 0 Å². The first-order chi connectivity index (χ1) is 7.77. The summed E-state index contributed by atoms with van der Waals surface area (Å²) in [6.45, 7) is 6.92. The number of nitrogens with one attached hydrogen (secondary N) is 1. The molecule has 0 aromatic heterocycles. The van der Waals surface area contributed by atoms with E-state index >= 15 is 0 Å². The largest absolute Gasteiger partial charge is 0.315 e. The van der Waals surface area contributed by atoms with Crippen LogP contribution in [0.5, 0.6) is 0 Å². The maximum absolute atomic E-state index is 3.48. The zero-order chi connectivity index (χ0) is 11.4. The molecule has 1 unspecified atom stereocenters. The Hall–Kier alpha value is -0.380. The Morgan fingerprint density at radius 3 is 2.69 bits per heavy atom. The van der Waals surface area contributed by atoms with Gasteiger partial charge in [0.25, 0.3) is 0 Å². The number of rotatable bonds is 2. The highest BCUT2D eigenvalue weighted by Crippen LogP contribution is 2.22. The van der Waals surface area contributed by atoms with Gasteiger partial charge < -0.3 is 5.32 Å². The van der Waals surface area contributed by atoms with Crippen molar-refractivity contribution in [2.45, 2.75) is 19.4 Å². The third-order valence-electron chi connectivity index (χ3n) is 3.27. The van der Waals surface area contributed by atoms with Crippen LogP contribution in [0.1, 0.15) is 24.9 Å². The molecule has 2 nitrogen and oxygen atoms in total. The predicted molar refractivity (Wildman–Crippen MR) is 71.6 cm³/mol. The number of nitrogens with zero attached hydrogens (tertiary/aromatic N) is 1. The molecule has 2 rings (SSSR count). The minimum Gasteiger partial charge on any atom is -0.315 e. The van der Waals surface area contributed by atoms with E-state index in [1.807, 2.05) is 0 Å². The monoisotopic (exact) mass is 282 g/mol. The van der Waals surface area contributed by atoms with E-state index in [9.17, 15) is 0 Å². The molecule has 1 aliphatic heterocycles. The lowest BCUT2D eigenvalue weighted by Gasteiger charge is -2.27. The van der Waals surface area contributed by atoms with Crippen molar-refractivity contribution < 1.29 is 0 Å². The first kappa shape index (κ1) is 12.1. The van der Waals surface area contributed by atoms with Gasteiger partial charge in [0.2, 0.25) is 0 Å². The fraction of sp³-hybridized carbons (Fsp3) is 0.538. The second kappa shape index (κ2) is 5.80. The molecular weight excluding hydrogens is 264 g/mol. The highest BCUT2D eigenvalue weighted by atomic mass is 79.9. The van der Waals surface area contributed by atoms with Gasteiger partial charge in [-0.15, -0.1) is 0 Å². The van der Waals surface area contributed by atoms with Crippen molar-refractivity contribution in [1.29, 1.82) is 0 Å². The smallest absolute Gasteiger partial charge is 0.0320 e. The second-order valence-electron chi connectivity index (χ2n) is 4.37.